The molecule has 1 rings (SSSR count). The Hall–Kier alpha value is -0.710. The SMILES string of the molecule is CC(C)(C)c1cc(C(O)C(O)CCS)ccc1O. The van der Waals surface area contributed by atoms with Crippen LogP contribution in [0.3, 0.4) is 0 Å². The molecule has 0 aliphatic heterocycles. The van der Waals surface area contributed by atoms with Crippen molar-refractivity contribution in [3.63, 3.8) is 0 Å². The maximum Gasteiger partial charge on any atom is 0.119 e. The zero-order valence-electron chi connectivity index (χ0n) is 11.1. The van der Waals surface area contributed by atoms with E-state index >= 15 is 0 Å². The lowest BCUT2D eigenvalue weighted by atomic mass is 9.84. The van der Waals surface area contributed by atoms with Crippen LogP contribution in [0.5, 0.6) is 5.75 Å². The molecule has 18 heavy (non-hydrogen) atoms. The first-order chi connectivity index (χ1) is 8.27. The largest absolute Gasteiger partial charge is 0.508 e. The number of phenolic OH excluding ortho intramolecular Hbond substituents is 1. The van der Waals surface area contributed by atoms with Gasteiger partial charge in [0, 0.05) is 0 Å². The molecule has 0 spiro atoms. The lowest BCUT2D eigenvalue weighted by Gasteiger charge is -2.24. The van der Waals surface area contributed by atoms with Gasteiger partial charge in [0.25, 0.3) is 0 Å². The van der Waals surface area contributed by atoms with Gasteiger partial charge in [-0.1, -0.05) is 26.8 Å². The number of thiol groups is 1. The molecule has 0 amide bonds. The second-order valence-corrected chi connectivity index (χ2v) is 6.00. The Bertz CT molecular complexity index is 399. The average molecular weight is 270 g/mol. The summed E-state index contributed by atoms with van der Waals surface area (Å²) >= 11 is 4.04. The van der Waals surface area contributed by atoms with Crippen LogP contribution in [0.25, 0.3) is 0 Å². The topological polar surface area (TPSA) is 60.7 Å². The molecule has 3 nitrogen and oxygen atoms in total. The smallest absolute Gasteiger partial charge is 0.119 e. The van der Waals surface area contributed by atoms with Crippen molar-refractivity contribution >= 4 is 12.6 Å². The van der Waals surface area contributed by atoms with Gasteiger partial charge in [-0.15, -0.1) is 0 Å². The van der Waals surface area contributed by atoms with Crippen molar-refractivity contribution in [3.05, 3.63) is 29.3 Å². The third-order valence-electron chi connectivity index (χ3n) is 2.96. The highest BCUT2D eigenvalue weighted by molar-refractivity contribution is 7.80. The van der Waals surface area contributed by atoms with Gasteiger partial charge in [0.15, 0.2) is 0 Å². The molecule has 0 radical (unpaired) electrons. The molecule has 1 aromatic carbocycles. The number of aliphatic hydroxyl groups excluding tert-OH is 2. The van der Waals surface area contributed by atoms with Crippen LogP contribution in [0, 0.1) is 0 Å². The second-order valence-electron chi connectivity index (χ2n) is 5.55. The van der Waals surface area contributed by atoms with Gasteiger partial charge < -0.3 is 15.3 Å². The summed E-state index contributed by atoms with van der Waals surface area (Å²) in [6, 6.07) is 4.95. The van der Waals surface area contributed by atoms with Crippen LogP contribution in [0.2, 0.25) is 0 Å². The quantitative estimate of drug-likeness (QED) is 0.635. The highest BCUT2D eigenvalue weighted by atomic mass is 32.1. The van der Waals surface area contributed by atoms with Crippen LogP contribution in [-0.4, -0.2) is 27.2 Å². The third kappa shape index (κ3) is 3.64. The molecule has 0 aliphatic carbocycles. The van der Waals surface area contributed by atoms with Gasteiger partial charge >= 0.3 is 0 Å². The van der Waals surface area contributed by atoms with E-state index in [0.717, 1.165) is 5.56 Å². The van der Waals surface area contributed by atoms with Crippen LogP contribution in [0.4, 0.5) is 0 Å². The van der Waals surface area contributed by atoms with E-state index in [9.17, 15) is 15.3 Å². The standard InChI is InChI=1S/C14H22O3S/c1-14(2,3)10-8-9(4-5-11(10)15)13(17)12(16)6-7-18/h4-5,8,12-13,15-18H,6-7H2,1-3H3. The molecule has 4 heteroatoms. The van der Waals surface area contributed by atoms with E-state index in [1.165, 1.54) is 0 Å². The number of phenols is 1. The monoisotopic (exact) mass is 270 g/mol. The Labute approximate surface area is 114 Å². The summed E-state index contributed by atoms with van der Waals surface area (Å²) in [6.07, 6.45) is -1.35. The number of benzene rings is 1. The van der Waals surface area contributed by atoms with Crippen molar-refractivity contribution in [2.24, 2.45) is 0 Å². The summed E-state index contributed by atoms with van der Waals surface area (Å²) in [4.78, 5) is 0. The van der Waals surface area contributed by atoms with Crippen LogP contribution in [0.1, 0.15) is 44.4 Å². The zero-order chi connectivity index (χ0) is 13.9. The molecule has 0 saturated heterocycles. The molecule has 102 valence electrons. The van der Waals surface area contributed by atoms with Crippen molar-refractivity contribution in [1.29, 1.82) is 0 Å². The van der Waals surface area contributed by atoms with Crippen molar-refractivity contribution in [1.82, 2.24) is 0 Å². The number of aromatic hydroxyl groups is 1. The van der Waals surface area contributed by atoms with Crippen molar-refractivity contribution in [3.8, 4) is 5.75 Å². The minimum atomic E-state index is -0.946. The van der Waals surface area contributed by atoms with Gasteiger partial charge in [0.1, 0.15) is 11.9 Å². The van der Waals surface area contributed by atoms with Gasteiger partial charge in [0.05, 0.1) is 6.10 Å². The highest BCUT2D eigenvalue weighted by Crippen LogP contribution is 2.33. The third-order valence-corrected chi connectivity index (χ3v) is 3.22. The van der Waals surface area contributed by atoms with E-state index in [1.807, 2.05) is 20.8 Å². The van der Waals surface area contributed by atoms with Gasteiger partial charge in [0.2, 0.25) is 0 Å². The molecule has 2 atom stereocenters. The molecule has 3 N–H and O–H groups in total. The van der Waals surface area contributed by atoms with Crippen LogP contribution in [-0.2, 0) is 5.41 Å². The Morgan fingerprint density at radius 2 is 1.83 bits per heavy atom. The van der Waals surface area contributed by atoms with Crippen molar-refractivity contribution < 1.29 is 15.3 Å². The Morgan fingerprint density at radius 3 is 2.33 bits per heavy atom. The van der Waals surface area contributed by atoms with Crippen molar-refractivity contribution in [2.75, 3.05) is 5.75 Å². The summed E-state index contributed by atoms with van der Waals surface area (Å²) in [7, 11) is 0. The number of hydrogen-bond acceptors (Lipinski definition) is 4. The lowest BCUT2D eigenvalue weighted by Crippen LogP contribution is -2.20. The van der Waals surface area contributed by atoms with Crippen LogP contribution < -0.4 is 0 Å². The number of hydrogen-bond donors (Lipinski definition) is 4. The van der Waals surface area contributed by atoms with Gasteiger partial charge in [-0.05, 0) is 40.8 Å². The molecule has 0 saturated carbocycles. The first-order valence-electron chi connectivity index (χ1n) is 6.07. The normalized spacial score (nSPS) is 15.4. The van der Waals surface area contributed by atoms with E-state index in [2.05, 4.69) is 12.6 Å². The van der Waals surface area contributed by atoms with E-state index < -0.39 is 12.2 Å². The van der Waals surface area contributed by atoms with E-state index in [-0.39, 0.29) is 11.2 Å². The number of aliphatic hydroxyl groups is 2. The van der Waals surface area contributed by atoms with Gasteiger partial charge in [-0.2, -0.15) is 12.6 Å². The maximum absolute atomic E-state index is 10.0. The first-order valence-corrected chi connectivity index (χ1v) is 6.71. The van der Waals surface area contributed by atoms with Gasteiger partial charge in [-0.25, -0.2) is 0 Å². The minimum Gasteiger partial charge on any atom is -0.508 e. The summed E-state index contributed by atoms with van der Waals surface area (Å²) in [5.41, 5.74) is 1.16. The van der Waals surface area contributed by atoms with Gasteiger partial charge in [-0.3, -0.25) is 0 Å². The fraction of sp³-hybridized carbons (Fsp3) is 0.571. The second kappa shape index (κ2) is 5.95. The van der Waals surface area contributed by atoms with E-state index in [0.29, 0.717) is 17.7 Å². The van der Waals surface area contributed by atoms with E-state index in [1.54, 1.807) is 18.2 Å². The average Bonchev–Trinajstić information content (AvgIpc) is 2.27. The lowest BCUT2D eigenvalue weighted by molar-refractivity contribution is 0.0171. The van der Waals surface area contributed by atoms with Crippen LogP contribution >= 0.6 is 12.6 Å². The Balaban J connectivity index is 3.05. The van der Waals surface area contributed by atoms with Crippen LogP contribution in [0.15, 0.2) is 18.2 Å². The Morgan fingerprint density at radius 1 is 1.22 bits per heavy atom. The summed E-state index contributed by atoms with van der Waals surface area (Å²) < 4.78 is 0. The maximum atomic E-state index is 10.0. The molecule has 1 aromatic rings. The molecule has 0 bridgehead atoms. The first kappa shape index (κ1) is 15.3. The molecular formula is C14H22O3S. The zero-order valence-corrected chi connectivity index (χ0v) is 12.0. The molecule has 0 aromatic heterocycles. The predicted octanol–water partition coefficient (Wildman–Crippen LogP) is 2.40. The summed E-state index contributed by atoms with van der Waals surface area (Å²) in [6.45, 7) is 5.97. The number of rotatable bonds is 4. The minimum absolute atomic E-state index is 0.210. The van der Waals surface area contributed by atoms with Crippen molar-refractivity contribution in [2.45, 2.75) is 44.8 Å². The fourth-order valence-electron chi connectivity index (χ4n) is 1.85. The molecule has 0 fully saturated rings. The summed E-state index contributed by atoms with van der Waals surface area (Å²) in [5, 5.41) is 29.6. The Kier molecular flexibility index (Phi) is 5.08. The highest BCUT2D eigenvalue weighted by Gasteiger charge is 2.22. The molecule has 0 heterocycles. The summed E-state index contributed by atoms with van der Waals surface area (Å²) in [5.74, 6) is 0.727. The fourth-order valence-corrected chi connectivity index (χ4v) is 2.12. The molecular weight excluding hydrogens is 248 g/mol. The molecule has 2 unspecified atom stereocenters. The van der Waals surface area contributed by atoms with E-state index in [4.69, 9.17) is 0 Å². The predicted molar refractivity (Wildman–Crippen MR) is 76.2 cm³/mol. The molecule has 0 aliphatic rings.